The van der Waals surface area contributed by atoms with Crippen LogP contribution in [0.3, 0.4) is 0 Å². The van der Waals surface area contributed by atoms with Gasteiger partial charge in [-0.25, -0.2) is 8.42 Å². The molecule has 5 atom stereocenters. The quantitative estimate of drug-likeness (QED) is 0.396. The van der Waals surface area contributed by atoms with Crippen molar-refractivity contribution in [1.29, 1.82) is 0 Å². The Hall–Kier alpha value is -2.21. The van der Waals surface area contributed by atoms with Crippen molar-refractivity contribution >= 4 is 33.7 Å². The molecule has 11 nitrogen and oxygen atoms in total. The summed E-state index contributed by atoms with van der Waals surface area (Å²) in [7, 11) is -3.64. The van der Waals surface area contributed by atoms with Gasteiger partial charge in [0.25, 0.3) is 0 Å². The fraction of sp³-hybridized carbons (Fsp3) is 0.733. The lowest BCUT2D eigenvalue weighted by atomic mass is 9.98. The van der Waals surface area contributed by atoms with E-state index in [1.807, 2.05) is 0 Å². The second-order valence-corrected chi connectivity index (χ2v) is 8.15. The summed E-state index contributed by atoms with van der Waals surface area (Å²) < 4.78 is 49.1. The Labute approximate surface area is 156 Å². The van der Waals surface area contributed by atoms with E-state index in [0.29, 0.717) is 0 Å². The van der Waals surface area contributed by atoms with Crippen LogP contribution in [-0.4, -0.2) is 75.0 Å². The van der Waals surface area contributed by atoms with E-state index in [9.17, 15) is 27.6 Å². The molecule has 0 aliphatic carbocycles. The molecule has 27 heavy (non-hydrogen) atoms. The second-order valence-electron chi connectivity index (χ2n) is 5.97. The minimum Gasteiger partial charge on any atom is -0.456 e. The van der Waals surface area contributed by atoms with Gasteiger partial charge in [0.05, 0.1) is 5.75 Å². The minimum atomic E-state index is -3.64. The lowest BCUT2D eigenvalue weighted by molar-refractivity contribution is -0.292. The number of carbonyl (C=O) groups excluding carboxylic acids is 4. The van der Waals surface area contributed by atoms with Crippen molar-refractivity contribution in [3.63, 3.8) is 0 Å². The number of hydrogen-bond acceptors (Lipinski definition) is 11. The molecule has 0 spiro atoms. The van der Waals surface area contributed by atoms with Crippen molar-refractivity contribution in [2.45, 2.75) is 58.4 Å². The molecule has 1 heterocycles. The van der Waals surface area contributed by atoms with Crippen LogP contribution in [0.2, 0.25) is 0 Å². The Morgan fingerprint density at radius 1 is 0.741 bits per heavy atom. The number of carbonyl (C=O) groups is 4. The molecule has 1 aliphatic heterocycles. The van der Waals surface area contributed by atoms with Crippen LogP contribution in [0.25, 0.3) is 0 Å². The van der Waals surface area contributed by atoms with Crippen LogP contribution in [0.1, 0.15) is 27.7 Å². The predicted molar refractivity (Wildman–Crippen MR) is 86.8 cm³/mol. The number of ether oxygens (including phenoxy) is 5. The zero-order chi connectivity index (χ0) is 20.9. The zero-order valence-electron chi connectivity index (χ0n) is 15.5. The second kappa shape index (κ2) is 9.13. The molecule has 154 valence electrons. The van der Waals surface area contributed by atoms with E-state index in [1.54, 1.807) is 0 Å². The topological polar surface area (TPSA) is 149 Å². The Bertz CT molecular complexity index is 699. The first-order valence-corrected chi connectivity index (χ1v) is 9.88. The molecular formula is C15H22O11S. The molecule has 1 aliphatic rings. The fourth-order valence-electron chi connectivity index (χ4n) is 2.55. The van der Waals surface area contributed by atoms with Crippen LogP contribution in [0.15, 0.2) is 0 Å². The summed E-state index contributed by atoms with van der Waals surface area (Å²) in [6.45, 7) is 4.22. The maximum Gasteiger partial charge on any atom is 0.305 e. The fourth-order valence-corrected chi connectivity index (χ4v) is 3.41. The van der Waals surface area contributed by atoms with Gasteiger partial charge in [-0.2, -0.15) is 0 Å². The Balaban J connectivity index is 3.40. The van der Waals surface area contributed by atoms with Crippen molar-refractivity contribution < 1.29 is 51.3 Å². The summed E-state index contributed by atoms with van der Waals surface area (Å²) in [5.41, 5.74) is 0. The molecule has 1 fully saturated rings. The number of hydrogen-bond donors (Lipinski definition) is 0. The molecule has 0 aromatic rings. The minimum absolute atomic E-state index is 0.632. The molecule has 12 heteroatoms. The summed E-state index contributed by atoms with van der Waals surface area (Å²) in [6.07, 6.45) is -6.35. The first-order chi connectivity index (χ1) is 12.3. The van der Waals surface area contributed by atoms with E-state index >= 15 is 0 Å². The van der Waals surface area contributed by atoms with E-state index in [2.05, 4.69) is 0 Å². The van der Waals surface area contributed by atoms with Crippen molar-refractivity contribution in [2.24, 2.45) is 0 Å². The van der Waals surface area contributed by atoms with Crippen molar-refractivity contribution in [2.75, 3.05) is 12.0 Å². The lowest BCUT2D eigenvalue weighted by Gasteiger charge is -2.43. The number of rotatable bonds is 6. The molecule has 1 saturated heterocycles. The van der Waals surface area contributed by atoms with Gasteiger partial charge in [0.15, 0.2) is 12.2 Å². The molecule has 0 aromatic carbocycles. The van der Waals surface area contributed by atoms with E-state index < -0.39 is 70.2 Å². The van der Waals surface area contributed by atoms with Crippen LogP contribution in [0, 0.1) is 0 Å². The SMILES string of the molecule is CC(=O)O[C@H]1O[C@H](CS(C)(=O)=O)[C@@H](OC(C)=O)[C@H](OC(C)=O)[C@H]1OC(C)=O. The van der Waals surface area contributed by atoms with Gasteiger partial charge in [-0.3, -0.25) is 19.2 Å². The van der Waals surface area contributed by atoms with Crippen LogP contribution >= 0.6 is 0 Å². The highest BCUT2D eigenvalue weighted by Gasteiger charge is 2.53. The van der Waals surface area contributed by atoms with Gasteiger partial charge in [0, 0.05) is 34.0 Å². The van der Waals surface area contributed by atoms with Crippen LogP contribution in [0.5, 0.6) is 0 Å². The maximum absolute atomic E-state index is 11.7. The predicted octanol–water partition coefficient (Wildman–Crippen LogP) is -0.886. The third-order valence-electron chi connectivity index (χ3n) is 3.25. The highest BCUT2D eigenvalue weighted by molar-refractivity contribution is 7.90. The summed E-state index contributed by atoms with van der Waals surface area (Å²) in [6, 6.07) is 0. The lowest BCUT2D eigenvalue weighted by Crippen LogP contribution is -2.63. The smallest absolute Gasteiger partial charge is 0.305 e. The number of sulfone groups is 1. The van der Waals surface area contributed by atoms with E-state index in [0.717, 1.165) is 34.0 Å². The summed E-state index contributed by atoms with van der Waals surface area (Å²) >= 11 is 0. The summed E-state index contributed by atoms with van der Waals surface area (Å²) in [4.78, 5) is 45.8. The van der Waals surface area contributed by atoms with Gasteiger partial charge in [-0.15, -0.1) is 0 Å². The Morgan fingerprint density at radius 3 is 1.56 bits per heavy atom. The molecule has 0 saturated carbocycles. The number of esters is 4. The van der Waals surface area contributed by atoms with E-state index in [1.165, 1.54) is 0 Å². The molecular weight excluding hydrogens is 388 g/mol. The third-order valence-corrected chi connectivity index (χ3v) is 4.18. The van der Waals surface area contributed by atoms with Gasteiger partial charge < -0.3 is 23.7 Å². The van der Waals surface area contributed by atoms with Crippen molar-refractivity contribution in [1.82, 2.24) is 0 Å². The largest absolute Gasteiger partial charge is 0.456 e. The van der Waals surface area contributed by atoms with Crippen LogP contribution < -0.4 is 0 Å². The van der Waals surface area contributed by atoms with Gasteiger partial charge in [0.2, 0.25) is 12.4 Å². The van der Waals surface area contributed by atoms with Crippen molar-refractivity contribution in [3.8, 4) is 0 Å². The van der Waals surface area contributed by atoms with E-state index in [-0.39, 0.29) is 0 Å². The zero-order valence-corrected chi connectivity index (χ0v) is 16.3. The first kappa shape index (κ1) is 22.8. The van der Waals surface area contributed by atoms with Gasteiger partial charge in [-0.1, -0.05) is 0 Å². The normalized spacial score (nSPS) is 28.0. The Kier molecular flexibility index (Phi) is 7.72. The molecule has 0 unspecified atom stereocenters. The van der Waals surface area contributed by atoms with Gasteiger partial charge >= 0.3 is 23.9 Å². The third kappa shape index (κ3) is 7.51. The summed E-state index contributed by atoms with van der Waals surface area (Å²) in [5.74, 6) is -3.90. The molecule has 0 amide bonds. The van der Waals surface area contributed by atoms with E-state index in [4.69, 9.17) is 23.7 Å². The molecule has 0 radical (unpaired) electrons. The highest BCUT2D eigenvalue weighted by Crippen LogP contribution is 2.30. The molecule has 1 rings (SSSR count). The van der Waals surface area contributed by atoms with Gasteiger partial charge in [0.1, 0.15) is 15.9 Å². The van der Waals surface area contributed by atoms with Gasteiger partial charge in [-0.05, 0) is 0 Å². The monoisotopic (exact) mass is 410 g/mol. The first-order valence-electron chi connectivity index (χ1n) is 7.82. The highest BCUT2D eigenvalue weighted by atomic mass is 32.2. The maximum atomic E-state index is 11.7. The summed E-state index contributed by atoms with van der Waals surface area (Å²) in [5, 5.41) is 0. The van der Waals surface area contributed by atoms with Crippen molar-refractivity contribution in [3.05, 3.63) is 0 Å². The Morgan fingerprint density at radius 2 is 1.15 bits per heavy atom. The van der Waals surface area contributed by atoms with Crippen LogP contribution in [0.4, 0.5) is 0 Å². The average molecular weight is 410 g/mol. The standard InChI is InChI=1S/C15H22O11S/c1-7(16)22-12-11(6-27(5,20)21)26-15(25-10(4)19)14(24-9(3)18)13(12)23-8(2)17/h11-15H,6H2,1-5H3/t11-,12-,13+,14-,15+/m1/s1. The molecule has 0 aromatic heterocycles. The van der Waals surface area contributed by atoms with Crippen LogP contribution in [-0.2, 0) is 52.7 Å². The molecule has 0 N–H and O–H groups in total. The average Bonchev–Trinajstić information content (AvgIpc) is 2.43. The molecule has 0 bridgehead atoms.